The normalized spacial score (nSPS) is 10.4. The molecule has 1 amide bonds. The molecule has 1 aromatic heterocycles. The first-order chi connectivity index (χ1) is 14.7. The number of rotatable bonds is 5. The van der Waals surface area contributed by atoms with E-state index in [0.29, 0.717) is 22.5 Å². The summed E-state index contributed by atoms with van der Waals surface area (Å²) in [6.45, 7) is 0. The maximum atomic E-state index is 13.1. The lowest BCUT2D eigenvalue weighted by Crippen LogP contribution is -2.12. The van der Waals surface area contributed by atoms with Crippen molar-refractivity contribution < 1.29 is 14.3 Å². The van der Waals surface area contributed by atoms with E-state index in [4.69, 9.17) is 4.74 Å². The molecule has 1 N–H and O–H groups in total. The van der Waals surface area contributed by atoms with Gasteiger partial charge in [0.2, 0.25) is 0 Å². The van der Waals surface area contributed by atoms with Crippen LogP contribution in [0.3, 0.4) is 0 Å². The summed E-state index contributed by atoms with van der Waals surface area (Å²) in [4.78, 5) is 24.7. The maximum absolute atomic E-state index is 13.1. The lowest BCUT2D eigenvalue weighted by Gasteiger charge is -2.06. The molecule has 0 radical (unpaired) electrons. The molecule has 1 heterocycles. The highest BCUT2D eigenvalue weighted by molar-refractivity contribution is 6.08. The van der Waals surface area contributed by atoms with Gasteiger partial charge < -0.3 is 10.1 Å². The zero-order valence-corrected chi connectivity index (χ0v) is 16.3. The number of amides is 1. The Kier molecular flexibility index (Phi) is 5.39. The molecule has 6 nitrogen and oxygen atoms in total. The third-order valence-corrected chi connectivity index (χ3v) is 4.59. The van der Waals surface area contributed by atoms with Gasteiger partial charge in [0.05, 0.1) is 23.9 Å². The minimum atomic E-state index is -0.427. The Bertz CT molecular complexity index is 1170. The number of methoxy groups -OCH3 is 1. The molecular formula is C24H19N3O3. The van der Waals surface area contributed by atoms with E-state index >= 15 is 0 Å². The molecule has 0 spiro atoms. The third kappa shape index (κ3) is 3.98. The van der Waals surface area contributed by atoms with E-state index in [-0.39, 0.29) is 5.91 Å². The van der Waals surface area contributed by atoms with E-state index in [9.17, 15) is 9.59 Å². The van der Waals surface area contributed by atoms with Crippen LogP contribution in [0.2, 0.25) is 0 Å². The molecule has 30 heavy (non-hydrogen) atoms. The minimum absolute atomic E-state index is 0.290. The predicted octanol–water partition coefficient (Wildman–Crippen LogP) is 4.58. The van der Waals surface area contributed by atoms with Crippen LogP contribution in [0.25, 0.3) is 16.9 Å². The highest BCUT2D eigenvalue weighted by Gasteiger charge is 2.19. The van der Waals surface area contributed by atoms with Gasteiger partial charge in [-0.15, -0.1) is 0 Å². The van der Waals surface area contributed by atoms with Gasteiger partial charge in [-0.1, -0.05) is 48.5 Å². The lowest BCUT2D eigenvalue weighted by molar-refractivity contribution is 0.0600. The van der Waals surface area contributed by atoms with E-state index in [0.717, 1.165) is 11.3 Å². The molecule has 148 valence electrons. The van der Waals surface area contributed by atoms with Crippen molar-refractivity contribution in [1.82, 2.24) is 9.78 Å². The first-order valence-corrected chi connectivity index (χ1v) is 9.36. The SMILES string of the molecule is COC(=O)c1ccc(NC(=O)c2cn(-c3ccccc3)nc2-c2ccccc2)cc1. The molecule has 0 saturated heterocycles. The number of hydrogen-bond donors (Lipinski definition) is 1. The lowest BCUT2D eigenvalue weighted by atomic mass is 10.1. The van der Waals surface area contributed by atoms with E-state index in [1.54, 1.807) is 35.1 Å². The molecule has 4 aromatic rings. The number of hydrogen-bond acceptors (Lipinski definition) is 4. The predicted molar refractivity (Wildman–Crippen MR) is 115 cm³/mol. The summed E-state index contributed by atoms with van der Waals surface area (Å²) in [5.74, 6) is -0.717. The fraction of sp³-hybridized carbons (Fsp3) is 0.0417. The molecule has 0 atom stereocenters. The standard InChI is InChI=1S/C24H19N3O3/c1-30-24(29)18-12-14-19(15-13-18)25-23(28)21-16-27(20-10-6-3-7-11-20)26-22(21)17-8-4-2-5-9-17/h2-16H,1H3,(H,25,28). The Morgan fingerprint density at radius 1 is 0.867 bits per heavy atom. The number of nitrogens with zero attached hydrogens (tertiary/aromatic N) is 2. The Hall–Kier alpha value is -4.19. The summed E-state index contributed by atoms with van der Waals surface area (Å²) >= 11 is 0. The second-order valence-electron chi connectivity index (χ2n) is 6.56. The zero-order chi connectivity index (χ0) is 20.9. The van der Waals surface area contributed by atoms with Crippen LogP contribution >= 0.6 is 0 Å². The van der Waals surface area contributed by atoms with Gasteiger partial charge in [0.15, 0.2) is 0 Å². The smallest absolute Gasteiger partial charge is 0.337 e. The van der Waals surface area contributed by atoms with Crippen molar-refractivity contribution in [3.8, 4) is 16.9 Å². The number of benzene rings is 3. The average molecular weight is 397 g/mol. The molecule has 3 aromatic carbocycles. The summed E-state index contributed by atoms with van der Waals surface area (Å²) in [5, 5.41) is 7.53. The summed E-state index contributed by atoms with van der Waals surface area (Å²) in [6.07, 6.45) is 1.72. The Morgan fingerprint density at radius 2 is 1.50 bits per heavy atom. The Balaban J connectivity index is 1.67. The fourth-order valence-electron chi connectivity index (χ4n) is 3.07. The molecule has 0 aliphatic heterocycles. The van der Waals surface area contributed by atoms with Crippen molar-refractivity contribution in [1.29, 1.82) is 0 Å². The van der Waals surface area contributed by atoms with E-state index < -0.39 is 5.97 Å². The molecule has 6 heteroatoms. The molecular weight excluding hydrogens is 378 g/mol. The van der Waals surface area contributed by atoms with Crippen molar-refractivity contribution in [2.45, 2.75) is 0 Å². The van der Waals surface area contributed by atoms with Gasteiger partial charge in [0, 0.05) is 17.4 Å². The molecule has 0 fully saturated rings. The van der Waals surface area contributed by atoms with Crippen molar-refractivity contribution in [2.24, 2.45) is 0 Å². The van der Waals surface area contributed by atoms with E-state index in [2.05, 4.69) is 10.4 Å². The molecule has 4 rings (SSSR count). The highest BCUT2D eigenvalue weighted by Crippen LogP contribution is 2.24. The van der Waals surface area contributed by atoms with E-state index in [1.807, 2.05) is 60.7 Å². The van der Waals surface area contributed by atoms with Gasteiger partial charge in [0.25, 0.3) is 5.91 Å². The van der Waals surface area contributed by atoms with Crippen LogP contribution < -0.4 is 5.32 Å². The first kappa shape index (κ1) is 19.1. The largest absolute Gasteiger partial charge is 0.465 e. The summed E-state index contributed by atoms with van der Waals surface area (Å²) in [5.41, 5.74) is 3.72. The second kappa shape index (κ2) is 8.45. The fourth-order valence-corrected chi connectivity index (χ4v) is 3.07. The monoisotopic (exact) mass is 397 g/mol. The van der Waals surface area contributed by atoms with Crippen molar-refractivity contribution in [3.63, 3.8) is 0 Å². The van der Waals surface area contributed by atoms with Crippen LogP contribution in [0.15, 0.2) is 91.1 Å². The Morgan fingerprint density at radius 3 is 2.13 bits per heavy atom. The number of anilines is 1. The number of carbonyl (C=O) groups is 2. The van der Waals surface area contributed by atoms with Crippen LogP contribution in [-0.2, 0) is 4.74 Å². The van der Waals surface area contributed by atoms with Gasteiger partial charge >= 0.3 is 5.97 Å². The number of ether oxygens (including phenoxy) is 1. The maximum Gasteiger partial charge on any atom is 0.337 e. The van der Waals surface area contributed by atoms with Crippen molar-refractivity contribution in [3.05, 3.63) is 102 Å². The molecule has 0 aliphatic rings. The molecule has 0 unspecified atom stereocenters. The van der Waals surface area contributed by atoms with Gasteiger partial charge in [-0.25, -0.2) is 9.48 Å². The van der Waals surface area contributed by atoms with Crippen LogP contribution in [0.5, 0.6) is 0 Å². The number of esters is 1. The van der Waals surface area contributed by atoms with Crippen molar-refractivity contribution in [2.75, 3.05) is 12.4 Å². The average Bonchev–Trinajstić information content (AvgIpc) is 3.26. The van der Waals surface area contributed by atoms with Crippen molar-refractivity contribution >= 4 is 17.6 Å². The van der Waals surface area contributed by atoms with Gasteiger partial charge in [-0.3, -0.25) is 4.79 Å². The second-order valence-corrected chi connectivity index (χ2v) is 6.56. The quantitative estimate of drug-likeness (QED) is 0.501. The van der Waals surface area contributed by atoms with E-state index in [1.165, 1.54) is 7.11 Å². The summed E-state index contributed by atoms with van der Waals surface area (Å²) in [7, 11) is 1.33. The summed E-state index contributed by atoms with van der Waals surface area (Å²) in [6, 6.07) is 25.7. The van der Waals surface area contributed by atoms with Crippen LogP contribution in [0.1, 0.15) is 20.7 Å². The molecule has 0 bridgehead atoms. The summed E-state index contributed by atoms with van der Waals surface area (Å²) < 4.78 is 6.39. The van der Waals surface area contributed by atoms with Gasteiger partial charge in [0.1, 0.15) is 5.69 Å². The third-order valence-electron chi connectivity index (χ3n) is 4.59. The van der Waals surface area contributed by atoms with Crippen LogP contribution in [-0.4, -0.2) is 28.8 Å². The van der Waals surface area contributed by atoms with Crippen LogP contribution in [0.4, 0.5) is 5.69 Å². The zero-order valence-electron chi connectivity index (χ0n) is 16.3. The highest BCUT2D eigenvalue weighted by atomic mass is 16.5. The van der Waals surface area contributed by atoms with Gasteiger partial charge in [-0.05, 0) is 36.4 Å². The Labute approximate surface area is 173 Å². The molecule has 0 saturated carbocycles. The number of nitrogens with one attached hydrogen (secondary N) is 1. The van der Waals surface area contributed by atoms with Gasteiger partial charge in [-0.2, -0.15) is 5.10 Å². The first-order valence-electron chi connectivity index (χ1n) is 9.36. The number of carbonyl (C=O) groups excluding carboxylic acids is 2. The molecule has 0 aliphatic carbocycles. The van der Waals surface area contributed by atoms with Crippen LogP contribution in [0, 0.1) is 0 Å². The minimum Gasteiger partial charge on any atom is -0.465 e. The number of para-hydroxylation sites is 1. The number of aromatic nitrogens is 2. The topological polar surface area (TPSA) is 73.2 Å².